The van der Waals surface area contributed by atoms with Crippen molar-refractivity contribution in [2.45, 2.75) is 43.9 Å². The summed E-state index contributed by atoms with van der Waals surface area (Å²) in [5, 5.41) is 13.8. The molecule has 0 spiro atoms. The number of methoxy groups -OCH3 is 2. The van der Waals surface area contributed by atoms with Crippen molar-refractivity contribution in [3.63, 3.8) is 0 Å². The minimum absolute atomic E-state index is 0.112. The zero-order valence-corrected chi connectivity index (χ0v) is 23.1. The van der Waals surface area contributed by atoms with E-state index in [1.165, 1.54) is 4.57 Å². The number of hydrogen-bond donors (Lipinski definition) is 2. The number of nitrogens with zero attached hydrogens (tertiary/aromatic N) is 2. The molecule has 40 heavy (non-hydrogen) atoms. The van der Waals surface area contributed by atoms with Crippen LogP contribution in [0.2, 0.25) is 0 Å². The fourth-order valence-corrected chi connectivity index (χ4v) is 5.72. The Morgan fingerprint density at radius 1 is 0.925 bits per heavy atom. The summed E-state index contributed by atoms with van der Waals surface area (Å²) in [5.74, 6) is 1.03. The summed E-state index contributed by atoms with van der Waals surface area (Å²) >= 11 is 0. The molecular formula is C32H35N3O5. The van der Waals surface area contributed by atoms with E-state index in [2.05, 4.69) is 34.6 Å². The minimum Gasteiger partial charge on any atom is -0.497 e. The molecule has 0 saturated carbocycles. The first-order valence-electron chi connectivity index (χ1n) is 13.4. The van der Waals surface area contributed by atoms with Gasteiger partial charge in [-0.2, -0.15) is 4.98 Å². The Labute approximate surface area is 234 Å². The molecule has 8 heteroatoms. The largest absolute Gasteiger partial charge is 0.497 e. The van der Waals surface area contributed by atoms with E-state index in [1.54, 1.807) is 33.4 Å². The molecule has 208 valence electrons. The maximum absolute atomic E-state index is 13.4. The number of benzene rings is 3. The number of hydrogen-bond acceptors (Lipinski definition) is 7. The van der Waals surface area contributed by atoms with E-state index in [9.17, 15) is 9.90 Å². The molecule has 1 aromatic heterocycles. The first-order valence-corrected chi connectivity index (χ1v) is 13.4. The third kappa shape index (κ3) is 5.01. The van der Waals surface area contributed by atoms with Crippen LogP contribution in [0.1, 0.15) is 36.8 Å². The van der Waals surface area contributed by atoms with E-state index in [4.69, 9.17) is 14.2 Å². The second-order valence-corrected chi connectivity index (χ2v) is 10.1. The van der Waals surface area contributed by atoms with Crippen molar-refractivity contribution in [3.05, 3.63) is 124 Å². The smallest absolute Gasteiger partial charge is 0.351 e. The second-order valence-electron chi connectivity index (χ2n) is 10.1. The third-order valence-corrected chi connectivity index (χ3v) is 7.72. The van der Waals surface area contributed by atoms with E-state index >= 15 is 0 Å². The average molecular weight is 542 g/mol. The predicted molar refractivity (Wildman–Crippen MR) is 153 cm³/mol. The summed E-state index contributed by atoms with van der Waals surface area (Å²) in [6, 6.07) is 29.8. The first-order chi connectivity index (χ1) is 19.4. The van der Waals surface area contributed by atoms with Gasteiger partial charge in [0.15, 0.2) is 6.23 Å². The molecule has 1 aliphatic heterocycles. The molecule has 2 heterocycles. The van der Waals surface area contributed by atoms with Crippen molar-refractivity contribution in [1.29, 1.82) is 0 Å². The molecule has 0 unspecified atom stereocenters. The average Bonchev–Trinajstić information content (AvgIpc) is 3.33. The number of anilines is 1. The minimum atomic E-state index is -0.870. The topological polar surface area (TPSA) is 94.8 Å². The summed E-state index contributed by atoms with van der Waals surface area (Å²) in [4.78, 5) is 17.9. The van der Waals surface area contributed by atoms with Crippen LogP contribution in [-0.2, 0) is 15.0 Å². The quantitative estimate of drug-likeness (QED) is 0.300. The van der Waals surface area contributed by atoms with Crippen LogP contribution in [0.25, 0.3) is 0 Å². The molecule has 4 aromatic rings. The van der Waals surface area contributed by atoms with Crippen LogP contribution in [0, 0.1) is 5.92 Å². The first kappa shape index (κ1) is 27.6. The molecule has 5 rings (SSSR count). The summed E-state index contributed by atoms with van der Waals surface area (Å²) in [6.45, 7) is 3.62. The summed E-state index contributed by atoms with van der Waals surface area (Å²) < 4.78 is 18.6. The van der Waals surface area contributed by atoms with Crippen molar-refractivity contribution in [3.8, 4) is 5.75 Å². The van der Waals surface area contributed by atoms with Crippen LogP contribution in [0.4, 0.5) is 5.82 Å². The van der Waals surface area contributed by atoms with Gasteiger partial charge in [0.25, 0.3) is 0 Å². The van der Waals surface area contributed by atoms with Crippen LogP contribution >= 0.6 is 0 Å². The molecule has 1 fully saturated rings. The van der Waals surface area contributed by atoms with E-state index < -0.39 is 35.8 Å². The summed E-state index contributed by atoms with van der Waals surface area (Å²) in [5.41, 5.74) is 1.55. The van der Waals surface area contributed by atoms with Gasteiger partial charge in [0.05, 0.1) is 19.3 Å². The van der Waals surface area contributed by atoms with Crippen LogP contribution < -0.4 is 15.7 Å². The SMILES string of the molecule is COc1ccc(C(Nc2ccn([C@@H]3O[C@H]([C@@H](C)O)[C@@H](C)[C@H]3OC)c(=O)n2)(c2ccccc2)c2ccccc2)cc1. The van der Waals surface area contributed by atoms with E-state index in [0.717, 1.165) is 22.4 Å². The molecule has 2 N–H and O–H groups in total. The van der Waals surface area contributed by atoms with Crippen molar-refractivity contribution in [1.82, 2.24) is 9.55 Å². The number of nitrogens with one attached hydrogen (secondary N) is 1. The van der Waals surface area contributed by atoms with Crippen molar-refractivity contribution < 1.29 is 19.3 Å². The Kier molecular flexibility index (Phi) is 8.02. The highest BCUT2D eigenvalue weighted by atomic mass is 16.6. The normalized spacial score (nSPS) is 21.6. The van der Waals surface area contributed by atoms with Crippen molar-refractivity contribution in [2.24, 2.45) is 5.92 Å². The van der Waals surface area contributed by atoms with E-state index in [1.807, 2.05) is 67.6 Å². The Morgan fingerprint density at radius 3 is 2.00 bits per heavy atom. The Balaban J connectivity index is 1.61. The molecule has 0 radical (unpaired) electrons. The van der Waals surface area contributed by atoms with Crippen LogP contribution in [0.3, 0.4) is 0 Å². The number of ether oxygens (including phenoxy) is 3. The molecular weight excluding hydrogens is 506 g/mol. The molecule has 3 aromatic carbocycles. The maximum Gasteiger partial charge on any atom is 0.351 e. The highest BCUT2D eigenvalue weighted by Gasteiger charge is 2.45. The van der Waals surface area contributed by atoms with Crippen LogP contribution in [0.5, 0.6) is 5.75 Å². The fraction of sp³-hybridized carbons (Fsp3) is 0.312. The maximum atomic E-state index is 13.4. The number of aliphatic hydroxyl groups excluding tert-OH is 1. The summed E-state index contributed by atoms with van der Waals surface area (Å²) in [6.07, 6.45) is -0.615. The van der Waals surface area contributed by atoms with Gasteiger partial charge >= 0.3 is 5.69 Å². The zero-order chi connectivity index (χ0) is 28.3. The third-order valence-electron chi connectivity index (χ3n) is 7.72. The van der Waals surface area contributed by atoms with E-state index in [0.29, 0.717) is 5.82 Å². The van der Waals surface area contributed by atoms with Gasteiger partial charge in [0, 0.05) is 19.2 Å². The fourth-order valence-electron chi connectivity index (χ4n) is 5.72. The highest BCUT2D eigenvalue weighted by molar-refractivity contribution is 5.58. The Morgan fingerprint density at radius 2 is 1.50 bits per heavy atom. The molecule has 1 saturated heterocycles. The molecule has 1 aliphatic rings. The molecule has 0 aliphatic carbocycles. The van der Waals surface area contributed by atoms with E-state index in [-0.39, 0.29) is 5.92 Å². The molecule has 0 amide bonds. The molecule has 0 bridgehead atoms. The number of rotatable bonds is 9. The van der Waals surface area contributed by atoms with Crippen molar-refractivity contribution >= 4 is 5.82 Å². The monoisotopic (exact) mass is 541 g/mol. The Bertz CT molecular complexity index is 1420. The molecule has 8 nitrogen and oxygen atoms in total. The Hall–Kier alpha value is -3.98. The lowest BCUT2D eigenvalue weighted by Gasteiger charge is -2.37. The van der Waals surface area contributed by atoms with Gasteiger partial charge in [-0.3, -0.25) is 4.57 Å². The van der Waals surface area contributed by atoms with Gasteiger partial charge in [0.2, 0.25) is 0 Å². The van der Waals surface area contributed by atoms with Crippen LogP contribution in [-0.4, -0.2) is 47.2 Å². The van der Waals surface area contributed by atoms with Gasteiger partial charge in [0.1, 0.15) is 23.2 Å². The highest BCUT2D eigenvalue weighted by Crippen LogP contribution is 2.40. The zero-order valence-electron chi connectivity index (χ0n) is 23.1. The van der Waals surface area contributed by atoms with Gasteiger partial charge < -0.3 is 24.6 Å². The summed E-state index contributed by atoms with van der Waals surface area (Å²) in [7, 11) is 3.22. The predicted octanol–water partition coefficient (Wildman–Crippen LogP) is 4.59. The van der Waals surface area contributed by atoms with Crippen LogP contribution in [0.15, 0.2) is 102 Å². The van der Waals surface area contributed by atoms with Gasteiger partial charge in [-0.1, -0.05) is 79.7 Å². The second kappa shape index (κ2) is 11.6. The standard InChI is InChI=1S/C32H35N3O5/c1-21-28(22(2)36)40-30(29(21)39-4)35-20-19-27(33-31(35)37)34-32(23-11-7-5-8-12-23,24-13-9-6-10-14-24)25-15-17-26(38-3)18-16-25/h5-22,28-30,36H,1-4H3,(H,33,34,37)/t21-,22-,28+,29-,30-/m1/s1. The van der Waals surface area contributed by atoms with Crippen molar-refractivity contribution in [2.75, 3.05) is 19.5 Å². The lowest BCUT2D eigenvalue weighted by Crippen LogP contribution is -2.40. The van der Waals surface area contributed by atoms with Gasteiger partial charge in [-0.05, 0) is 41.8 Å². The van der Waals surface area contributed by atoms with Gasteiger partial charge in [-0.15, -0.1) is 0 Å². The van der Waals surface area contributed by atoms with Gasteiger partial charge in [-0.25, -0.2) is 4.79 Å². The lowest BCUT2D eigenvalue weighted by atomic mass is 9.77. The number of aromatic nitrogens is 2. The molecule has 5 atom stereocenters. The number of aliphatic hydroxyl groups is 1. The lowest BCUT2D eigenvalue weighted by molar-refractivity contribution is -0.0799.